The SMILES string of the molecule is C[C]1[C](C)[C](C)[C](C)[C]1C.[Ru+].c1ccc(P(c2ccccc2)c2ccccc2)cc1. The Hall–Kier alpha value is -1.29. The Morgan fingerprint density at radius 2 is 0.567 bits per heavy atom. The average Bonchev–Trinajstić information content (AvgIpc) is 2.94. The summed E-state index contributed by atoms with van der Waals surface area (Å²) in [4.78, 5) is 0. The van der Waals surface area contributed by atoms with Gasteiger partial charge in [0.15, 0.2) is 0 Å². The normalized spacial score (nSPS) is 16.2. The fraction of sp³-hybridized carbons (Fsp3) is 0.179. The standard InChI is InChI=1S/C18H15P.C10H15.Ru/c1-4-10-16(11-5-1)19(17-12-6-2-7-13-17)18-14-8-3-9-15-18;1-6-7(2)9(4)10(5)8(6)3;/h1-15H;1-5H3;/q;;+1. The van der Waals surface area contributed by atoms with E-state index in [0.29, 0.717) is 0 Å². The van der Waals surface area contributed by atoms with Crippen molar-refractivity contribution in [2.24, 2.45) is 0 Å². The molecule has 0 bridgehead atoms. The molecule has 0 nitrogen and oxygen atoms in total. The van der Waals surface area contributed by atoms with Gasteiger partial charge in [0.2, 0.25) is 0 Å². The first kappa shape index (κ1) is 25.0. The Labute approximate surface area is 198 Å². The molecule has 0 unspecified atom stereocenters. The van der Waals surface area contributed by atoms with Gasteiger partial charge in [0.1, 0.15) is 0 Å². The van der Waals surface area contributed by atoms with Crippen LogP contribution in [0, 0.1) is 29.6 Å². The smallest absolute Gasteiger partial charge is 0.0622 e. The minimum absolute atomic E-state index is 0. The van der Waals surface area contributed by atoms with Crippen molar-refractivity contribution in [3.63, 3.8) is 0 Å². The van der Waals surface area contributed by atoms with Crippen LogP contribution < -0.4 is 15.9 Å². The first-order valence-electron chi connectivity index (χ1n) is 10.2. The van der Waals surface area contributed by atoms with E-state index in [-0.39, 0.29) is 19.5 Å². The van der Waals surface area contributed by atoms with Gasteiger partial charge in [0.05, 0.1) is 0 Å². The molecule has 1 aliphatic carbocycles. The zero-order valence-corrected chi connectivity index (χ0v) is 21.1. The molecule has 0 saturated heterocycles. The molecule has 6 radical (unpaired) electrons. The summed E-state index contributed by atoms with van der Waals surface area (Å²) in [6, 6.07) is 32.3. The van der Waals surface area contributed by atoms with Crippen LogP contribution in [0.25, 0.3) is 0 Å². The Balaban J connectivity index is 0.000000249. The van der Waals surface area contributed by atoms with E-state index in [4.69, 9.17) is 0 Å². The quantitative estimate of drug-likeness (QED) is 0.289. The number of hydrogen-bond donors (Lipinski definition) is 0. The molecule has 3 aromatic carbocycles. The molecule has 0 atom stereocenters. The summed E-state index contributed by atoms with van der Waals surface area (Å²) < 4.78 is 0. The molecule has 0 amide bonds. The van der Waals surface area contributed by atoms with Crippen molar-refractivity contribution in [1.82, 2.24) is 0 Å². The van der Waals surface area contributed by atoms with Gasteiger partial charge >= 0.3 is 19.5 Å². The van der Waals surface area contributed by atoms with Crippen molar-refractivity contribution >= 4 is 23.8 Å². The van der Waals surface area contributed by atoms with Crippen LogP contribution in [0.15, 0.2) is 91.0 Å². The fourth-order valence-electron chi connectivity index (χ4n) is 3.58. The molecule has 3 aromatic rings. The van der Waals surface area contributed by atoms with Gasteiger partial charge in [-0.2, -0.15) is 0 Å². The average molecular weight is 499 g/mol. The molecule has 1 aliphatic rings. The first-order chi connectivity index (χ1) is 14.0. The minimum Gasteiger partial charge on any atom is -0.0622 e. The van der Waals surface area contributed by atoms with Crippen LogP contribution >= 0.6 is 7.92 Å². The maximum atomic E-state index is 2.23. The molecule has 0 aliphatic heterocycles. The first-order valence-corrected chi connectivity index (χ1v) is 11.5. The predicted molar refractivity (Wildman–Crippen MR) is 130 cm³/mol. The third kappa shape index (κ3) is 5.90. The van der Waals surface area contributed by atoms with Crippen LogP contribution in [-0.4, -0.2) is 0 Å². The van der Waals surface area contributed by atoms with Gasteiger partial charge in [-0.05, 0) is 53.4 Å². The zero-order chi connectivity index (χ0) is 20.8. The Bertz CT molecular complexity index is 711. The number of benzene rings is 3. The van der Waals surface area contributed by atoms with Crippen LogP contribution in [0.4, 0.5) is 0 Å². The number of rotatable bonds is 3. The molecule has 1 saturated carbocycles. The molecule has 154 valence electrons. The largest absolute Gasteiger partial charge is 1.00 e. The molecule has 1 fully saturated rings. The molecular weight excluding hydrogens is 468 g/mol. The minimum atomic E-state index is -0.446. The molecule has 0 aromatic heterocycles. The van der Waals surface area contributed by atoms with Crippen LogP contribution in [0.2, 0.25) is 0 Å². The maximum absolute atomic E-state index is 2.23. The van der Waals surface area contributed by atoms with E-state index in [1.807, 2.05) is 0 Å². The molecule has 0 heterocycles. The molecule has 2 heteroatoms. The molecule has 30 heavy (non-hydrogen) atoms. The second-order valence-corrected chi connectivity index (χ2v) is 9.69. The topological polar surface area (TPSA) is 0 Å². The summed E-state index contributed by atoms with van der Waals surface area (Å²) in [5, 5.41) is 4.19. The van der Waals surface area contributed by atoms with Crippen molar-refractivity contribution in [1.29, 1.82) is 0 Å². The van der Waals surface area contributed by atoms with E-state index in [2.05, 4.69) is 126 Å². The van der Waals surface area contributed by atoms with Gasteiger partial charge in [-0.25, -0.2) is 0 Å². The molecule has 4 rings (SSSR count). The van der Waals surface area contributed by atoms with Gasteiger partial charge in [0, 0.05) is 0 Å². The third-order valence-corrected chi connectivity index (χ3v) is 8.30. The van der Waals surface area contributed by atoms with E-state index in [1.54, 1.807) is 0 Å². The summed E-state index contributed by atoms with van der Waals surface area (Å²) in [5.74, 6) is 7.34. The van der Waals surface area contributed by atoms with E-state index in [0.717, 1.165) is 0 Å². The summed E-state index contributed by atoms with van der Waals surface area (Å²) in [7, 11) is -0.446. The molecular formula is C28H30PRu+. The van der Waals surface area contributed by atoms with Crippen LogP contribution in [0.1, 0.15) is 34.6 Å². The van der Waals surface area contributed by atoms with Crippen molar-refractivity contribution in [3.05, 3.63) is 121 Å². The molecule has 0 N–H and O–H groups in total. The van der Waals surface area contributed by atoms with Crippen molar-refractivity contribution in [2.45, 2.75) is 34.6 Å². The van der Waals surface area contributed by atoms with Crippen molar-refractivity contribution < 1.29 is 19.5 Å². The van der Waals surface area contributed by atoms with Crippen LogP contribution in [-0.2, 0) is 19.5 Å². The van der Waals surface area contributed by atoms with E-state index >= 15 is 0 Å². The summed E-state index contributed by atoms with van der Waals surface area (Å²) in [5.41, 5.74) is 0. The summed E-state index contributed by atoms with van der Waals surface area (Å²) in [6.07, 6.45) is 0. The van der Waals surface area contributed by atoms with E-state index in [1.165, 1.54) is 45.5 Å². The fourth-order valence-corrected chi connectivity index (χ4v) is 5.89. The van der Waals surface area contributed by atoms with Crippen molar-refractivity contribution in [2.75, 3.05) is 0 Å². The van der Waals surface area contributed by atoms with Gasteiger partial charge in [-0.1, -0.05) is 126 Å². The Kier molecular flexibility index (Phi) is 9.93. The van der Waals surface area contributed by atoms with E-state index < -0.39 is 7.92 Å². The number of hydrogen-bond acceptors (Lipinski definition) is 0. The maximum Gasteiger partial charge on any atom is 1.00 e. The third-order valence-electron chi connectivity index (χ3n) is 5.86. The Morgan fingerprint density at radius 3 is 0.767 bits per heavy atom. The predicted octanol–water partition coefficient (Wildman–Crippen LogP) is 6.41. The second kappa shape index (κ2) is 11.9. The van der Waals surface area contributed by atoms with Gasteiger partial charge in [-0.3, -0.25) is 0 Å². The van der Waals surface area contributed by atoms with Crippen molar-refractivity contribution in [3.8, 4) is 0 Å². The van der Waals surface area contributed by atoms with Gasteiger partial charge in [-0.15, -0.1) is 0 Å². The summed E-state index contributed by atoms with van der Waals surface area (Å²) in [6.45, 7) is 11.0. The van der Waals surface area contributed by atoms with Gasteiger partial charge < -0.3 is 0 Å². The second-order valence-electron chi connectivity index (χ2n) is 7.47. The van der Waals surface area contributed by atoms with E-state index in [9.17, 15) is 0 Å². The Morgan fingerprint density at radius 1 is 0.367 bits per heavy atom. The van der Waals surface area contributed by atoms with Gasteiger partial charge in [0.25, 0.3) is 0 Å². The summed E-state index contributed by atoms with van der Waals surface area (Å²) >= 11 is 0. The van der Waals surface area contributed by atoms with Crippen LogP contribution in [0.5, 0.6) is 0 Å². The molecule has 0 spiro atoms. The monoisotopic (exact) mass is 499 g/mol. The zero-order valence-electron chi connectivity index (χ0n) is 18.5. The van der Waals surface area contributed by atoms with Crippen LogP contribution in [0.3, 0.4) is 0 Å².